The molecule has 1 saturated carbocycles. The molecular weight excluding hydrogens is 494 g/mol. The molecule has 1 amide bonds. The van der Waals surface area contributed by atoms with Crippen molar-refractivity contribution in [3.63, 3.8) is 0 Å². The molecule has 1 aromatic carbocycles. The topological polar surface area (TPSA) is 113 Å². The lowest BCUT2D eigenvalue weighted by Gasteiger charge is -2.40. The van der Waals surface area contributed by atoms with Gasteiger partial charge in [-0.25, -0.2) is 4.98 Å². The number of hydrogen-bond donors (Lipinski definition) is 2. The summed E-state index contributed by atoms with van der Waals surface area (Å²) in [5.74, 6) is 2.79. The van der Waals surface area contributed by atoms with Gasteiger partial charge in [-0.3, -0.25) is 9.36 Å². The molecule has 39 heavy (non-hydrogen) atoms. The molecule has 3 aromatic rings. The summed E-state index contributed by atoms with van der Waals surface area (Å²) >= 11 is 0. The van der Waals surface area contributed by atoms with Crippen LogP contribution in [0.3, 0.4) is 0 Å². The zero-order valence-corrected chi connectivity index (χ0v) is 22.9. The first-order valence-electron chi connectivity index (χ1n) is 14.1. The molecule has 2 aromatic heterocycles. The van der Waals surface area contributed by atoms with Gasteiger partial charge in [0, 0.05) is 17.6 Å². The quantitative estimate of drug-likeness (QED) is 0.469. The Kier molecular flexibility index (Phi) is 7.07. The van der Waals surface area contributed by atoms with Crippen LogP contribution in [0, 0.1) is 0 Å². The summed E-state index contributed by atoms with van der Waals surface area (Å²) in [6.07, 6.45) is 11.2. The van der Waals surface area contributed by atoms with Crippen LogP contribution in [0.5, 0.6) is 5.75 Å². The molecular formula is C28H37N9O2. The molecule has 0 bridgehead atoms. The first kappa shape index (κ1) is 25.5. The number of likely N-dealkylation sites (tertiary alicyclic amines) is 1. The van der Waals surface area contributed by atoms with E-state index in [4.69, 9.17) is 9.72 Å². The molecule has 2 aliphatic heterocycles. The van der Waals surface area contributed by atoms with E-state index in [0.717, 1.165) is 62.5 Å². The summed E-state index contributed by atoms with van der Waals surface area (Å²) in [6, 6.07) is 6.16. The predicted molar refractivity (Wildman–Crippen MR) is 149 cm³/mol. The molecule has 2 N–H and O–H groups in total. The van der Waals surface area contributed by atoms with Gasteiger partial charge >= 0.3 is 0 Å². The van der Waals surface area contributed by atoms with Crippen LogP contribution in [-0.4, -0.2) is 74.9 Å². The lowest BCUT2D eigenvalue weighted by molar-refractivity contribution is 0.0916. The third-order valence-electron chi connectivity index (χ3n) is 8.33. The van der Waals surface area contributed by atoms with Gasteiger partial charge in [0.1, 0.15) is 17.8 Å². The Labute approximate surface area is 229 Å². The highest BCUT2D eigenvalue weighted by Gasteiger charge is 2.38. The summed E-state index contributed by atoms with van der Waals surface area (Å²) in [5, 5.41) is 15.2. The number of nitrogens with zero attached hydrogens (tertiary/aromatic N) is 7. The third kappa shape index (κ3) is 4.91. The smallest absolute Gasteiger partial charge is 0.251 e. The predicted octanol–water partition coefficient (Wildman–Crippen LogP) is 3.85. The zero-order valence-electron chi connectivity index (χ0n) is 22.9. The van der Waals surface area contributed by atoms with Gasteiger partial charge in [0.25, 0.3) is 5.91 Å². The van der Waals surface area contributed by atoms with Crippen molar-refractivity contribution >= 4 is 23.4 Å². The first-order chi connectivity index (χ1) is 19.1. The Bertz CT molecular complexity index is 1330. The van der Waals surface area contributed by atoms with Crippen LogP contribution in [0.15, 0.2) is 30.7 Å². The number of anilines is 3. The number of carbonyl (C=O) groups excluding carboxylic acids is 1. The number of hydrogen-bond acceptors (Lipinski definition) is 9. The van der Waals surface area contributed by atoms with E-state index < -0.39 is 0 Å². The second-order valence-electron chi connectivity index (χ2n) is 10.8. The van der Waals surface area contributed by atoms with Crippen molar-refractivity contribution in [2.45, 2.75) is 70.0 Å². The Morgan fingerprint density at radius 1 is 1.15 bits per heavy atom. The summed E-state index contributed by atoms with van der Waals surface area (Å²) in [4.78, 5) is 27.3. The van der Waals surface area contributed by atoms with Crippen LogP contribution in [0.4, 0.5) is 17.5 Å². The molecule has 0 unspecified atom stereocenters. The van der Waals surface area contributed by atoms with Crippen LogP contribution >= 0.6 is 0 Å². The maximum Gasteiger partial charge on any atom is 0.251 e. The number of fused-ring (bicyclic) bond motifs is 3. The molecule has 4 heterocycles. The highest BCUT2D eigenvalue weighted by Crippen LogP contribution is 2.43. The summed E-state index contributed by atoms with van der Waals surface area (Å²) in [7, 11) is 3.72. The molecule has 206 valence electrons. The average molecular weight is 532 g/mol. The van der Waals surface area contributed by atoms with E-state index in [1.807, 2.05) is 22.9 Å². The Morgan fingerprint density at radius 3 is 2.69 bits per heavy atom. The van der Waals surface area contributed by atoms with Crippen molar-refractivity contribution in [3.05, 3.63) is 42.1 Å². The van der Waals surface area contributed by atoms with Gasteiger partial charge in [0.15, 0.2) is 11.6 Å². The minimum atomic E-state index is -0.0815. The van der Waals surface area contributed by atoms with E-state index in [1.54, 1.807) is 19.5 Å². The molecule has 1 atom stereocenters. The van der Waals surface area contributed by atoms with Gasteiger partial charge < -0.3 is 25.2 Å². The number of methoxy groups -OCH3 is 1. The number of nitrogens with one attached hydrogen (secondary N) is 2. The van der Waals surface area contributed by atoms with E-state index in [9.17, 15) is 4.79 Å². The lowest BCUT2D eigenvalue weighted by atomic mass is 10.0. The van der Waals surface area contributed by atoms with Gasteiger partial charge in [-0.15, -0.1) is 10.2 Å². The fourth-order valence-electron chi connectivity index (χ4n) is 6.18. The Morgan fingerprint density at radius 2 is 1.95 bits per heavy atom. The van der Waals surface area contributed by atoms with Crippen molar-refractivity contribution in [2.24, 2.45) is 0 Å². The second kappa shape index (κ2) is 10.8. The number of amides is 1. The van der Waals surface area contributed by atoms with Gasteiger partial charge in [0.2, 0.25) is 5.95 Å². The number of piperidine rings is 1. The fourth-order valence-corrected chi connectivity index (χ4v) is 6.18. The second-order valence-corrected chi connectivity index (χ2v) is 10.8. The lowest BCUT2D eigenvalue weighted by Crippen LogP contribution is -2.43. The molecule has 0 radical (unpaired) electrons. The minimum absolute atomic E-state index is 0.0815. The third-order valence-corrected chi connectivity index (χ3v) is 8.33. The molecule has 1 aliphatic carbocycles. The van der Waals surface area contributed by atoms with Crippen molar-refractivity contribution in [1.82, 2.24) is 34.9 Å². The largest absolute Gasteiger partial charge is 0.495 e. The molecule has 6 rings (SSSR count). The highest BCUT2D eigenvalue weighted by atomic mass is 16.5. The van der Waals surface area contributed by atoms with E-state index in [-0.39, 0.29) is 18.0 Å². The van der Waals surface area contributed by atoms with Gasteiger partial charge in [0.05, 0.1) is 25.0 Å². The summed E-state index contributed by atoms with van der Waals surface area (Å²) in [5.41, 5.74) is 2.17. The van der Waals surface area contributed by atoms with Crippen LogP contribution in [0.2, 0.25) is 0 Å². The van der Waals surface area contributed by atoms with Crippen molar-refractivity contribution in [3.8, 4) is 11.4 Å². The van der Waals surface area contributed by atoms with Crippen LogP contribution < -0.4 is 20.3 Å². The molecule has 1 saturated heterocycles. The normalized spacial score (nSPS) is 20.0. The van der Waals surface area contributed by atoms with Gasteiger partial charge in [-0.2, -0.15) is 4.98 Å². The maximum absolute atomic E-state index is 12.9. The van der Waals surface area contributed by atoms with E-state index in [2.05, 4.69) is 49.6 Å². The molecule has 11 heteroatoms. The van der Waals surface area contributed by atoms with Crippen LogP contribution in [0.1, 0.15) is 74.1 Å². The Hall–Kier alpha value is -3.73. The average Bonchev–Trinajstić information content (AvgIpc) is 3.66. The number of benzene rings is 1. The number of carbonyl (C=O) groups is 1. The van der Waals surface area contributed by atoms with Crippen molar-refractivity contribution in [1.29, 1.82) is 0 Å². The number of rotatable bonds is 7. The summed E-state index contributed by atoms with van der Waals surface area (Å²) in [6.45, 7) is 4.17. The molecule has 11 nitrogen and oxygen atoms in total. The first-order valence-corrected chi connectivity index (χ1v) is 14.1. The van der Waals surface area contributed by atoms with E-state index in [0.29, 0.717) is 29.0 Å². The number of aromatic nitrogens is 5. The molecule has 3 aliphatic rings. The molecule has 0 spiro atoms. The minimum Gasteiger partial charge on any atom is -0.495 e. The van der Waals surface area contributed by atoms with E-state index >= 15 is 0 Å². The summed E-state index contributed by atoms with van der Waals surface area (Å²) < 4.78 is 7.67. The Balaban J connectivity index is 1.26. The van der Waals surface area contributed by atoms with E-state index in [1.165, 1.54) is 12.8 Å². The fraction of sp³-hybridized carbons (Fsp3) is 0.536. The highest BCUT2D eigenvalue weighted by molar-refractivity contribution is 5.95. The van der Waals surface area contributed by atoms with Crippen LogP contribution in [-0.2, 0) is 0 Å². The standard InChI is InChI=1S/C28H37N9O2/c1-4-22-26-34-30-17-36(26)23-16-29-28(33-25(23)37(22)20-7-5-6-8-20)32-21-10-9-18(15-24(21)39-3)27(38)31-19-11-13-35(2)14-12-19/h9-10,15-17,19-20,22H,4-8,11-14H2,1-3H3,(H,31,38)(H,29,32,33)/t22-/m1/s1. The van der Waals surface area contributed by atoms with Gasteiger partial charge in [-0.05, 0) is 70.4 Å². The van der Waals surface area contributed by atoms with Crippen molar-refractivity contribution < 1.29 is 9.53 Å². The van der Waals surface area contributed by atoms with Crippen molar-refractivity contribution in [2.75, 3.05) is 37.5 Å². The SMILES string of the molecule is CC[C@@H]1c2nncn2-c2cnc(Nc3ccc(C(=O)NC4CCN(C)CC4)cc3OC)nc2N1C1CCCC1. The number of ether oxygens (including phenoxy) is 1. The van der Waals surface area contributed by atoms with Crippen LogP contribution in [0.25, 0.3) is 5.69 Å². The molecule has 2 fully saturated rings. The van der Waals surface area contributed by atoms with Gasteiger partial charge in [-0.1, -0.05) is 19.8 Å². The zero-order chi connectivity index (χ0) is 26.9. The monoisotopic (exact) mass is 531 g/mol. The maximum atomic E-state index is 12.9.